The van der Waals surface area contributed by atoms with E-state index in [0.29, 0.717) is 25.0 Å². The van der Waals surface area contributed by atoms with Gasteiger partial charge in [-0.1, -0.05) is 12.1 Å². The van der Waals surface area contributed by atoms with Crippen LogP contribution in [0.25, 0.3) is 0 Å². The standard InChI is InChI=1S/C18H24N2O7/c1-26-16(21)7-4-13-2-5-15(6-3-13)27-11-8-14-12-19(17(22)23)9-10-20(14)18(24)25/h2-3,5-6,14H,4,7-12H2,1H3,(H,22,23)(H,24,25)/t14-/m1/s1. The van der Waals surface area contributed by atoms with Crippen molar-refractivity contribution in [3.8, 4) is 5.75 Å². The maximum Gasteiger partial charge on any atom is 0.407 e. The van der Waals surface area contributed by atoms with Gasteiger partial charge in [0.25, 0.3) is 0 Å². The van der Waals surface area contributed by atoms with Crippen molar-refractivity contribution in [3.05, 3.63) is 29.8 Å². The average Bonchev–Trinajstić information content (AvgIpc) is 2.66. The van der Waals surface area contributed by atoms with E-state index in [1.54, 1.807) is 12.1 Å². The highest BCUT2D eigenvalue weighted by atomic mass is 16.5. The van der Waals surface area contributed by atoms with E-state index in [1.807, 2.05) is 12.1 Å². The highest BCUT2D eigenvalue weighted by Crippen LogP contribution is 2.17. The fraction of sp³-hybridized carbons (Fsp3) is 0.500. The predicted octanol–water partition coefficient (Wildman–Crippen LogP) is 1.90. The van der Waals surface area contributed by atoms with Gasteiger partial charge in [0.05, 0.1) is 19.8 Å². The highest BCUT2D eigenvalue weighted by molar-refractivity contribution is 5.69. The lowest BCUT2D eigenvalue weighted by molar-refractivity contribution is -0.140. The number of piperazine rings is 1. The molecule has 0 saturated carbocycles. The molecule has 27 heavy (non-hydrogen) atoms. The largest absolute Gasteiger partial charge is 0.494 e. The van der Waals surface area contributed by atoms with Crippen LogP contribution in [-0.4, -0.2) is 77.6 Å². The molecule has 9 nitrogen and oxygen atoms in total. The zero-order valence-electron chi connectivity index (χ0n) is 15.2. The Morgan fingerprint density at radius 1 is 1.11 bits per heavy atom. The van der Waals surface area contributed by atoms with Crippen molar-refractivity contribution in [1.82, 2.24) is 9.80 Å². The highest BCUT2D eigenvalue weighted by Gasteiger charge is 2.32. The number of aryl methyl sites for hydroxylation is 1. The third kappa shape index (κ3) is 6.05. The summed E-state index contributed by atoms with van der Waals surface area (Å²) in [4.78, 5) is 36.1. The third-order valence-electron chi connectivity index (χ3n) is 4.49. The molecule has 0 spiro atoms. The van der Waals surface area contributed by atoms with Crippen LogP contribution in [0.2, 0.25) is 0 Å². The van der Waals surface area contributed by atoms with Crippen LogP contribution in [0.3, 0.4) is 0 Å². The van der Waals surface area contributed by atoms with Crippen molar-refractivity contribution in [1.29, 1.82) is 0 Å². The summed E-state index contributed by atoms with van der Waals surface area (Å²) < 4.78 is 10.3. The summed E-state index contributed by atoms with van der Waals surface area (Å²) >= 11 is 0. The van der Waals surface area contributed by atoms with E-state index in [9.17, 15) is 19.5 Å². The first-order chi connectivity index (χ1) is 12.9. The second kappa shape index (κ2) is 9.65. The van der Waals surface area contributed by atoms with Crippen molar-refractivity contribution in [2.75, 3.05) is 33.4 Å². The van der Waals surface area contributed by atoms with Crippen LogP contribution in [0.15, 0.2) is 24.3 Å². The van der Waals surface area contributed by atoms with E-state index in [1.165, 1.54) is 16.9 Å². The van der Waals surface area contributed by atoms with E-state index in [4.69, 9.17) is 9.84 Å². The zero-order valence-corrected chi connectivity index (χ0v) is 15.2. The van der Waals surface area contributed by atoms with E-state index in [-0.39, 0.29) is 32.2 Å². The first-order valence-corrected chi connectivity index (χ1v) is 8.66. The molecule has 0 aliphatic carbocycles. The van der Waals surface area contributed by atoms with Gasteiger partial charge in [0, 0.05) is 32.5 Å². The Labute approximate surface area is 157 Å². The molecule has 1 aliphatic rings. The summed E-state index contributed by atoms with van der Waals surface area (Å²) in [7, 11) is 1.35. The first kappa shape index (κ1) is 20.3. The molecular weight excluding hydrogens is 356 g/mol. The Kier molecular flexibility index (Phi) is 7.27. The SMILES string of the molecule is COC(=O)CCc1ccc(OCC[C@@H]2CN(C(=O)O)CCN2C(=O)O)cc1. The molecule has 1 atom stereocenters. The Bertz CT molecular complexity index is 662. The normalized spacial score (nSPS) is 16.7. The summed E-state index contributed by atoms with van der Waals surface area (Å²) in [6, 6.07) is 6.84. The number of hydrogen-bond acceptors (Lipinski definition) is 5. The van der Waals surface area contributed by atoms with E-state index in [0.717, 1.165) is 5.56 Å². The lowest BCUT2D eigenvalue weighted by Gasteiger charge is -2.38. The fourth-order valence-corrected chi connectivity index (χ4v) is 2.94. The van der Waals surface area contributed by atoms with Crippen LogP contribution in [0.1, 0.15) is 18.4 Å². The fourth-order valence-electron chi connectivity index (χ4n) is 2.94. The van der Waals surface area contributed by atoms with Crippen molar-refractivity contribution in [2.24, 2.45) is 0 Å². The molecule has 0 aromatic heterocycles. The van der Waals surface area contributed by atoms with Crippen LogP contribution in [-0.2, 0) is 16.0 Å². The number of methoxy groups -OCH3 is 1. The topological polar surface area (TPSA) is 117 Å². The Morgan fingerprint density at radius 3 is 2.41 bits per heavy atom. The molecule has 1 aliphatic heterocycles. The summed E-state index contributed by atoms with van der Waals surface area (Å²) in [5.74, 6) is 0.366. The number of amides is 2. The van der Waals surface area contributed by atoms with Gasteiger partial charge in [-0.25, -0.2) is 9.59 Å². The smallest absolute Gasteiger partial charge is 0.407 e. The van der Waals surface area contributed by atoms with Gasteiger partial charge in [0.1, 0.15) is 5.75 Å². The summed E-state index contributed by atoms with van der Waals surface area (Å²) in [5, 5.41) is 18.4. The van der Waals surface area contributed by atoms with Gasteiger partial charge in [-0.3, -0.25) is 4.79 Å². The van der Waals surface area contributed by atoms with Crippen molar-refractivity contribution < 1.29 is 34.1 Å². The molecule has 0 radical (unpaired) electrons. The lowest BCUT2D eigenvalue weighted by atomic mass is 10.1. The predicted molar refractivity (Wildman–Crippen MR) is 95.0 cm³/mol. The van der Waals surface area contributed by atoms with Gasteiger partial charge >= 0.3 is 18.2 Å². The Morgan fingerprint density at radius 2 is 1.81 bits per heavy atom. The molecule has 1 saturated heterocycles. The molecule has 1 fully saturated rings. The number of carbonyl (C=O) groups is 3. The number of carboxylic acid groups (broad SMARTS) is 2. The minimum absolute atomic E-state index is 0.136. The minimum atomic E-state index is -1.06. The van der Waals surface area contributed by atoms with Crippen LogP contribution in [0.4, 0.5) is 9.59 Å². The Hall–Kier alpha value is -2.97. The quantitative estimate of drug-likeness (QED) is 0.694. The number of ether oxygens (including phenoxy) is 2. The molecule has 9 heteroatoms. The first-order valence-electron chi connectivity index (χ1n) is 8.66. The van der Waals surface area contributed by atoms with Gasteiger partial charge in [0.15, 0.2) is 0 Å². The molecular formula is C18H24N2O7. The van der Waals surface area contributed by atoms with Crippen LogP contribution in [0.5, 0.6) is 5.75 Å². The van der Waals surface area contributed by atoms with Gasteiger partial charge in [-0.15, -0.1) is 0 Å². The molecule has 1 aromatic rings. The Balaban J connectivity index is 1.83. The van der Waals surface area contributed by atoms with Crippen LogP contribution in [0, 0.1) is 0 Å². The second-order valence-corrected chi connectivity index (χ2v) is 6.22. The molecule has 2 amide bonds. The molecule has 0 unspecified atom stereocenters. The third-order valence-corrected chi connectivity index (χ3v) is 4.49. The molecule has 1 aromatic carbocycles. The number of esters is 1. The monoisotopic (exact) mass is 380 g/mol. The summed E-state index contributed by atoms with van der Waals surface area (Å²) in [5.41, 5.74) is 0.981. The van der Waals surface area contributed by atoms with Crippen molar-refractivity contribution in [2.45, 2.75) is 25.3 Å². The lowest BCUT2D eigenvalue weighted by Crippen LogP contribution is -2.56. The maximum absolute atomic E-state index is 11.3. The van der Waals surface area contributed by atoms with E-state index in [2.05, 4.69) is 4.74 Å². The number of carbonyl (C=O) groups excluding carboxylic acids is 1. The molecule has 1 heterocycles. The number of rotatable bonds is 7. The molecule has 148 valence electrons. The summed E-state index contributed by atoms with van der Waals surface area (Å²) in [6.45, 7) is 0.730. The van der Waals surface area contributed by atoms with Crippen LogP contribution < -0.4 is 4.74 Å². The average molecular weight is 380 g/mol. The van der Waals surface area contributed by atoms with E-state index < -0.39 is 18.2 Å². The number of hydrogen-bond donors (Lipinski definition) is 2. The van der Waals surface area contributed by atoms with E-state index >= 15 is 0 Å². The van der Waals surface area contributed by atoms with Crippen molar-refractivity contribution >= 4 is 18.2 Å². The van der Waals surface area contributed by atoms with Gasteiger partial charge in [-0.2, -0.15) is 0 Å². The van der Waals surface area contributed by atoms with Gasteiger partial charge < -0.3 is 29.5 Å². The van der Waals surface area contributed by atoms with Crippen molar-refractivity contribution in [3.63, 3.8) is 0 Å². The zero-order chi connectivity index (χ0) is 19.8. The summed E-state index contributed by atoms with van der Waals surface area (Å²) in [6.07, 6.45) is -0.828. The van der Waals surface area contributed by atoms with Gasteiger partial charge in [-0.05, 0) is 24.1 Å². The molecule has 0 bridgehead atoms. The molecule has 2 rings (SSSR count). The minimum Gasteiger partial charge on any atom is -0.494 e. The number of benzene rings is 1. The van der Waals surface area contributed by atoms with Crippen LogP contribution >= 0.6 is 0 Å². The second-order valence-electron chi connectivity index (χ2n) is 6.22. The van der Waals surface area contributed by atoms with Gasteiger partial charge in [0.2, 0.25) is 0 Å². The molecule has 2 N–H and O–H groups in total. The number of nitrogens with zero attached hydrogens (tertiary/aromatic N) is 2. The maximum atomic E-state index is 11.3.